The molecule has 1 amide bonds. The summed E-state index contributed by atoms with van der Waals surface area (Å²) < 4.78 is 24.4. The highest BCUT2D eigenvalue weighted by atomic mass is 32.2. The maximum absolute atomic E-state index is 12.1. The van der Waals surface area contributed by atoms with Crippen molar-refractivity contribution >= 4 is 15.7 Å². The first kappa shape index (κ1) is 14.7. The largest absolute Gasteiger partial charge is 0.352 e. The quantitative estimate of drug-likeness (QED) is 0.863. The molecule has 0 aliphatic carbocycles. The Kier molecular flexibility index (Phi) is 3.93. The second kappa shape index (κ2) is 5.88. The highest BCUT2D eigenvalue weighted by molar-refractivity contribution is 7.91. The van der Waals surface area contributed by atoms with Gasteiger partial charge in [-0.25, -0.2) is 13.1 Å². The second-order valence-corrected chi connectivity index (χ2v) is 7.55. The average Bonchev–Trinajstić information content (AvgIpc) is 3.06. The molecule has 3 rings (SSSR count). The summed E-state index contributed by atoms with van der Waals surface area (Å²) in [5.41, 5.74) is 1.48. The molecule has 0 bridgehead atoms. The van der Waals surface area contributed by atoms with Crippen molar-refractivity contribution < 1.29 is 13.2 Å². The lowest BCUT2D eigenvalue weighted by Crippen LogP contribution is -2.36. The first-order chi connectivity index (χ1) is 10.5. The molecule has 1 unspecified atom stereocenters. The van der Waals surface area contributed by atoms with Gasteiger partial charge in [-0.1, -0.05) is 23.4 Å². The number of sulfone groups is 1. The van der Waals surface area contributed by atoms with E-state index in [0.29, 0.717) is 12.1 Å². The third-order valence-corrected chi connectivity index (χ3v) is 5.33. The molecule has 1 N–H and O–H groups in total. The third-order valence-electron chi connectivity index (χ3n) is 3.56. The molecule has 0 saturated carbocycles. The first-order valence-electron chi connectivity index (χ1n) is 6.98. The Morgan fingerprint density at radius 3 is 2.77 bits per heavy atom. The average molecular weight is 320 g/mol. The summed E-state index contributed by atoms with van der Waals surface area (Å²) in [6, 6.07) is 9.11. The van der Waals surface area contributed by atoms with Gasteiger partial charge < -0.3 is 5.32 Å². The van der Waals surface area contributed by atoms with Gasteiger partial charge in [0.1, 0.15) is 0 Å². The first-order valence-corrected chi connectivity index (χ1v) is 8.80. The number of benzene rings is 1. The van der Waals surface area contributed by atoms with Crippen molar-refractivity contribution in [3.05, 3.63) is 42.2 Å². The summed E-state index contributed by atoms with van der Waals surface area (Å²) in [6.07, 6.45) is 2.13. The zero-order chi connectivity index (χ0) is 15.6. The predicted molar refractivity (Wildman–Crippen MR) is 80.3 cm³/mol. The summed E-state index contributed by atoms with van der Waals surface area (Å²) in [5.74, 6) is -0.0577. The molecule has 0 spiro atoms. The molecule has 7 nitrogen and oxygen atoms in total. The summed E-state index contributed by atoms with van der Waals surface area (Å²) >= 11 is 0. The van der Waals surface area contributed by atoms with Crippen LogP contribution in [-0.4, -0.2) is 46.9 Å². The predicted octanol–water partition coefficient (Wildman–Crippen LogP) is 0.113. The van der Waals surface area contributed by atoms with Crippen LogP contribution in [-0.2, 0) is 21.1 Å². The number of nitrogens with one attached hydrogen (secondary N) is 1. The van der Waals surface area contributed by atoms with E-state index >= 15 is 0 Å². The highest BCUT2D eigenvalue weighted by Crippen LogP contribution is 2.12. The van der Waals surface area contributed by atoms with Gasteiger partial charge in [0, 0.05) is 6.04 Å². The van der Waals surface area contributed by atoms with E-state index < -0.39 is 9.84 Å². The number of hydrogen-bond acceptors (Lipinski definition) is 5. The molecule has 1 aliphatic heterocycles. The lowest BCUT2D eigenvalue weighted by Gasteiger charge is -2.11. The Labute approximate surface area is 128 Å². The highest BCUT2D eigenvalue weighted by Gasteiger charge is 2.29. The molecule has 22 heavy (non-hydrogen) atoms. The maximum atomic E-state index is 12.1. The smallest absolute Gasteiger partial charge is 0.226 e. The van der Waals surface area contributed by atoms with Gasteiger partial charge in [0.05, 0.1) is 35.5 Å². The fourth-order valence-corrected chi connectivity index (χ4v) is 4.19. The minimum absolute atomic E-state index is 0.0228. The van der Waals surface area contributed by atoms with Crippen LogP contribution in [0, 0.1) is 0 Å². The van der Waals surface area contributed by atoms with Crippen molar-refractivity contribution in [1.82, 2.24) is 20.3 Å². The van der Waals surface area contributed by atoms with Crippen LogP contribution in [0.1, 0.15) is 12.1 Å². The van der Waals surface area contributed by atoms with Gasteiger partial charge in [0.15, 0.2) is 9.84 Å². The Morgan fingerprint density at radius 2 is 2.09 bits per heavy atom. The topological polar surface area (TPSA) is 93.9 Å². The van der Waals surface area contributed by atoms with Crippen molar-refractivity contribution in [3.63, 3.8) is 0 Å². The van der Waals surface area contributed by atoms with Crippen LogP contribution in [0.2, 0.25) is 0 Å². The van der Waals surface area contributed by atoms with E-state index in [-0.39, 0.29) is 29.9 Å². The van der Waals surface area contributed by atoms with E-state index in [1.807, 2.05) is 30.3 Å². The number of rotatable bonds is 4. The van der Waals surface area contributed by atoms with Gasteiger partial charge in [-0.15, -0.1) is 5.10 Å². The van der Waals surface area contributed by atoms with Crippen LogP contribution in [0.3, 0.4) is 0 Å². The van der Waals surface area contributed by atoms with Crippen LogP contribution < -0.4 is 5.32 Å². The van der Waals surface area contributed by atoms with Crippen molar-refractivity contribution in [2.75, 3.05) is 11.5 Å². The number of hydrogen-bond donors (Lipinski definition) is 1. The van der Waals surface area contributed by atoms with Gasteiger partial charge in [-0.3, -0.25) is 4.79 Å². The van der Waals surface area contributed by atoms with Gasteiger partial charge in [-0.05, 0) is 18.6 Å². The molecule has 8 heteroatoms. The molecular weight excluding hydrogens is 304 g/mol. The van der Waals surface area contributed by atoms with Crippen molar-refractivity contribution in [2.24, 2.45) is 0 Å². The summed E-state index contributed by atoms with van der Waals surface area (Å²) in [4.78, 5) is 12.1. The van der Waals surface area contributed by atoms with Crippen LogP contribution in [0.4, 0.5) is 0 Å². The third kappa shape index (κ3) is 3.33. The van der Waals surface area contributed by atoms with E-state index in [0.717, 1.165) is 5.69 Å². The molecule has 1 aromatic carbocycles. The molecule has 2 heterocycles. The zero-order valence-corrected chi connectivity index (χ0v) is 12.7. The molecule has 1 saturated heterocycles. The maximum Gasteiger partial charge on any atom is 0.226 e. The summed E-state index contributed by atoms with van der Waals surface area (Å²) in [6.45, 7) is 0. The number of nitrogens with zero attached hydrogens (tertiary/aromatic N) is 3. The Hall–Kier alpha value is -2.22. The number of para-hydroxylation sites is 1. The van der Waals surface area contributed by atoms with Crippen LogP contribution in [0.5, 0.6) is 0 Å². The molecule has 1 aliphatic rings. The van der Waals surface area contributed by atoms with Gasteiger partial charge in [-0.2, -0.15) is 0 Å². The number of carbonyl (C=O) groups is 1. The van der Waals surface area contributed by atoms with E-state index in [1.165, 1.54) is 6.20 Å². The molecule has 1 aromatic heterocycles. The number of aromatic nitrogens is 3. The lowest BCUT2D eigenvalue weighted by atomic mass is 10.2. The molecule has 2 aromatic rings. The lowest BCUT2D eigenvalue weighted by molar-refractivity contribution is -0.121. The monoisotopic (exact) mass is 320 g/mol. The number of carbonyl (C=O) groups excluding carboxylic acids is 1. The van der Waals surface area contributed by atoms with Gasteiger partial charge >= 0.3 is 0 Å². The van der Waals surface area contributed by atoms with Crippen LogP contribution in [0.25, 0.3) is 5.69 Å². The molecule has 1 fully saturated rings. The fraction of sp³-hybridized carbons (Fsp3) is 0.357. The Morgan fingerprint density at radius 1 is 1.32 bits per heavy atom. The molecular formula is C14H16N4O3S. The SMILES string of the molecule is O=C(Cc1cnnn1-c1ccccc1)NC1CCS(=O)(=O)C1. The Balaban J connectivity index is 1.67. The molecule has 1 atom stereocenters. The minimum Gasteiger partial charge on any atom is -0.352 e. The van der Waals surface area contributed by atoms with E-state index in [9.17, 15) is 13.2 Å². The summed E-state index contributed by atoms with van der Waals surface area (Å²) in [7, 11) is -3.00. The molecule has 0 radical (unpaired) electrons. The van der Waals surface area contributed by atoms with Crippen molar-refractivity contribution in [2.45, 2.75) is 18.9 Å². The van der Waals surface area contributed by atoms with Gasteiger partial charge in [0.25, 0.3) is 0 Å². The van der Waals surface area contributed by atoms with E-state index in [4.69, 9.17) is 0 Å². The normalized spacial score (nSPS) is 19.9. The standard InChI is InChI=1S/C14H16N4O3S/c19-14(16-11-6-7-22(20,21)10-11)8-13-9-15-17-18(13)12-4-2-1-3-5-12/h1-5,9,11H,6-8,10H2,(H,16,19). The second-order valence-electron chi connectivity index (χ2n) is 5.32. The minimum atomic E-state index is -3.00. The molecule has 116 valence electrons. The number of amides is 1. The zero-order valence-electron chi connectivity index (χ0n) is 11.8. The summed E-state index contributed by atoms with van der Waals surface area (Å²) in [5, 5.41) is 10.6. The van der Waals surface area contributed by atoms with Crippen molar-refractivity contribution in [3.8, 4) is 5.69 Å². The van der Waals surface area contributed by atoms with E-state index in [2.05, 4.69) is 15.6 Å². The van der Waals surface area contributed by atoms with Crippen LogP contribution in [0.15, 0.2) is 36.5 Å². The van der Waals surface area contributed by atoms with Crippen molar-refractivity contribution in [1.29, 1.82) is 0 Å². The Bertz CT molecular complexity index is 770. The van der Waals surface area contributed by atoms with Crippen LogP contribution >= 0.6 is 0 Å². The van der Waals surface area contributed by atoms with Gasteiger partial charge in [0.2, 0.25) is 5.91 Å². The fourth-order valence-electron chi connectivity index (χ4n) is 2.52. The van der Waals surface area contributed by atoms with E-state index in [1.54, 1.807) is 4.68 Å².